The average molecular weight is 769 g/mol. The van der Waals surface area contributed by atoms with Crippen molar-refractivity contribution in [2.75, 3.05) is 9.80 Å². The molecule has 9 rings (SSSR count). The van der Waals surface area contributed by atoms with E-state index >= 15 is 0 Å². The maximum absolute atomic E-state index is 3.96. The number of benzene rings is 9. The van der Waals surface area contributed by atoms with Crippen molar-refractivity contribution in [2.45, 2.75) is 0 Å². The Morgan fingerprint density at radius 3 is 0.650 bits per heavy atom. The number of hydrogen-bond donors (Lipinski definition) is 0. The molecule has 0 aliphatic rings. The zero-order valence-electron chi connectivity index (χ0n) is 33.5. The standard InChI is InChI=1S/C58H44N2/c1-5-41-17-29-47(30-18-41)59(48-31-19-42(6-2)20-32-48)51-37-25-45(26-38-51)57-53-13-9-11-15-55(53)58(56-16-12-10-14-54(56)57)46-27-39-52(40-28-46)60(49-33-21-43(7-3)22-34-49)50-35-23-44(8-4)24-36-50/h5-40H,1-4H2. The van der Waals surface area contributed by atoms with E-state index in [1.54, 1.807) is 0 Å². The summed E-state index contributed by atoms with van der Waals surface area (Å²) < 4.78 is 0. The summed E-state index contributed by atoms with van der Waals surface area (Å²) in [5, 5.41) is 4.86. The maximum atomic E-state index is 3.96. The third kappa shape index (κ3) is 7.12. The van der Waals surface area contributed by atoms with E-state index in [0.29, 0.717) is 0 Å². The third-order valence-corrected chi connectivity index (χ3v) is 11.3. The molecular weight excluding hydrogens is 725 g/mol. The molecule has 0 aromatic heterocycles. The highest BCUT2D eigenvalue weighted by Crippen LogP contribution is 2.45. The Labute approximate surface area is 353 Å². The summed E-state index contributed by atoms with van der Waals surface area (Å²) in [4.78, 5) is 4.58. The second-order valence-electron chi connectivity index (χ2n) is 14.8. The van der Waals surface area contributed by atoms with Crippen LogP contribution in [-0.2, 0) is 0 Å². The minimum Gasteiger partial charge on any atom is -0.311 e. The van der Waals surface area contributed by atoms with Crippen LogP contribution in [0.3, 0.4) is 0 Å². The van der Waals surface area contributed by atoms with Gasteiger partial charge in [0.25, 0.3) is 0 Å². The van der Waals surface area contributed by atoms with Crippen LogP contribution < -0.4 is 9.80 Å². The first-order valence-corrected chi connectivity index (χ1v) is 20.2. The molecular formula is C58H44N2. The van der Waals surface area contributed by atoms with Gasteiger partial charge in [0, 0.05) is 34.1 Å². The molecule has 0 aliphatic heterocycles. The SMILES string of the molecule is C=Cc1ccc(N(c2ccc(C=C)cc2)c2ccc(-c3c4ccccc4c(-c4ccc(N(c5ccc(C=C)cc5)c5ccc(C=C)cc5)cc4)c4ccccc34)cc2)cc1. The lowest BCUT2D eigenvalue weighted by Gasteiger charge is -2.26. The highest BCUT2D eigenvalue weighted by Gasteiger charge is 2.19. The molecule has 0 aliphatic carbocycles. The summed E-state index contributed by atoms with van der Waals surface area (Å²) in [6.07, 6.45) is 7.50. The first-order chi connectivity index (χ1) is 29.6. The monoisotopic (exact) mass is 768 g/mol. The molecule has 0 atom stereocenters. The lowest BCUT2D eigenvalue weighted by atomic mass is 9.86. The van der Waals surface area contributed by atoms with Crippen molar-refractivity contribution in [1.29, 1.82) is 0 Å². The fourth-order valence-corrected chi connectivity index (χ4v) is 8.24. The average Bonchev–Trinajstić information content (AvgIpc) is 3.32. The van der Waals surface area contributed by atoms with Crippen molar-refractivity contribution >= 4 is 80.0 Å². The fraction of sp³-hybridized carbons (Fsp3) is 0. The number of anilines is 6. The molecule has 0 heterocycles. The van der Waals surface area contributed by atoms with Gasteiger partial charge in [-0.15, -0.1) is 0 Å². The van der Waals surface area contributed by atoms with Gasteiger partial charge in [0.2, 0.25) is 0 Å². The van der Waals surface area contributed by atoms with Crippen LogP contribution in [0.15, 0.2) is 220 Å². The molecule has 0 radical (unpaired) electrons. The predicted octanol–water partition coefficient (Wildman–Crippen LogP) is 16.8. The minimum absolute atomic E-state index is 1.07. The van der Waals surface area contributed by atoms with Gasteiger partial charge in [-0.3, -0.25) is 0 Å². The van der Waals surface area contributed by atoms with Crippen LogP contribution in [0.25, 0.3) is 68.1 Å². The summed E-state index contributed by atoms with van der Waals surface area (Å²) in [5.41, 5.74) is 15.6. The van der Waals surface area contributed by atoms with E-state index in [2.05, 4.69) is 230 Å². The normalized spacial score (nSPS) is 10.9. The summed E-state index contributed by atoms with van der Waals surface area (Å²) >= 11 is 0. The Kier molecular flexibility index (Phi) is 10.3. The second-order valence-corrected chi connectivity index (χ2v) is 14.8. The molecule has 60 heavy (non-hydrogen) atoms. The van der Waals surface area contributed by atoms with Crippen LogP contribution in [0, 0.1) is 0 Å². The van der Waals surface area contributed by atoms with Crippen molar-refractivity contribution in [1.82, 2.24) is 0 Å². The molecule has 9 aromatic rings. The number of hydrogen-bond acceptors (Lipinski definition) is 2. The first-order valence-electron chi connectivity index (χ1n) is 20.2. The van der Waals surface area contributed by atoms with E-state index in [4.69, 9.17) is 0 Å². The Hall–Kier alpha value is -7.94. The van der Waals surface area contributed by atoms with Crippen LogP contribution in [-0.4, -0.2) is 0 Å². The molecule has 0 amide bonds. The van der Waals surface area contributed by atoms with E-state index in [0.717, 1.165) is 67.5 Å². The Morgan fingerprint density at radius 1 is 0.250 bits per heavy atom. The molecule has 0 fully saturated rings. The molecule has 0 N–H and O–H groups in total. The minimum atomic E-state index is 1.07. The Balaban J connectivity index is 1.14. The molecule has 0 spiro atoms. The van der Waals surface area contributed by atoms with Crippen molar-refractivity contribution in [3.05, 3.63) is 243 Å². The van der Waals surface area contributed by atoms with Gasteiger partial charge in [0.15, 0.2) is 0 Å². The molecule has 286 valence electrons. The van der Waals surface area contributed by atoms with Crippen LogP contribution in [0.1, 0.15) is 22.3 Å². The van der Waals surface area contributed by atoms with E-state index in [1.807, 2.05) is 24.3 Å². The number of fused-ring (bicyclic) bond motifs is 2. The zero-order valence-corrected chi connectivity index (χ0v) is 33.5. The summed E-state index contributed by atoms with van der Waals surface area (Å²) in [7, 11) is 0. The Bertz CT molecular complexity index is 2620. The smallest absolute Gasteiger partial charge is 0.0462 e. The van der Waals surface area contributed by atoms with E-state index in [9.17, 15) is 0 Å². The number of nitrogens with zero attached hydrogens (tertiary/aromatic N) is 2. The van der Waals surface area contributed by atoms with E-state index < -0.39 is 0 Å². The van der Waals surface area contributed by atoms with Crippen molar-refractivity contribution < 1.29 is 0 Å². The lowest BCUT2D eigenvalue weighted by Crippen LogP contribution is -2.10. The van der Waals surface area contributed by atoms with Crippen LogP contribution in [0.5, 0.6) is 0 Å². The van der Waals surface area contributed by atoms with Gasteiger partial charge < -0.3 is 9.80 Å². The summed E-state index contributed by atoms with van der Waals surface area (Å²) in [5.74, 6) is 0. The Morgan fingerprint density at radius 2 is 0.450 bits per heavy atom. The number of rotatable bonds is 12. The topological polar surface area (TPSA) is 6.48 Å². The molecule has 0 saturated heterocycles. The van der Waals surface area contributed by atoms with Crippen LogP contribution in [0.4, 0.5) is 34.1 Å². The third-order valence-electron chi connectivity index (χ3n) is 11.3. The van der Waals surface area contributed by atoms with Crippen molar-refractivity contribution in [2.24, 2.45) is 0 Å². The van der Waals surface area contributed by atoms with Gasteiger partial charge in [-0.05, 0) is 139 Å². The van der Waals surface area contributed by atoms with Gasteiger partial charge in [-0.25, -0.2) is 0 Å². The van der Waals surface area contributed by atoms with Gasteiger partial charge >= 0.3 is 0 Å². The van der Waals surface area contributed by atoms with Crippen molar-refractivity contribution in [3.8, 4) is 22.3 Å². The summed E-state index contributed by atoms with van der Waals surface area (Å²) in [6, 6.07) is 69.7. The summed E-state index contributed by atoms with van der Waals surface area (Å²) in [6.45, 7) is 15.8. The molecule has 0 unspecified atom stereocenters. The maximum Gasteiger partial charge on any atom is 0.0462 e. The van der Waals surface area contributed by atoms with E-state index in [-0.39, 0.29) is 0 Å². The predicted molar refractivity (Wildman–Crippen MR) is 262 cm³/mol. The lowest BCUT2D eigenvalue weighted by molar-refractivity contribution is 1.28. The van der Waals surface area contributed by atoms with Crippen molar-refractivity contribution in [3.63, 3.8) is 0 Å². The fourth-order valence-electron chi connectivity index (χ4n) is 8.24. The largest absolute Gasteiger partial charge is 0.311 e. The van der Waals surface area contributed by atoms with Crippen LogP contribution >= 0.6 is 0 Å². The molecule has 9 aromatic carbocycles. The molecule has 0 saturated carbocycles. The molecule has 2 heteroatoms. The quantitative estimate of drug-likeness (QED) is 0.114. The highest BCUT2D eigenvalue weighted by atomic mass is 15.1. The van der Waals surface area contributed by atoms with Crippen LogP contribution in [0.2, 0.25) is 0 Å². The molecule has 2 nitrogen and oxygen atoms in total. The van der Waals surface area contributed by atoms with Gasteiger partial charge in [0.05, 0.1) is 0 Å². The van der Waals surface area contributed by atoms with Gasteiger partial charge in [0.1, 0.15) is 0 Å². The zero-order chi connectivity index (χ0) is 41.0. The highest BCUT2D eigenvalue weighted by molar-refractivity contribution is 6.21. The van der Waals surface area contributed by atoms with E-state index in [1.165, 1.54) is 32.7 Å². The second kappa shape index (κ2) is 16.5. The molecule has 0 bridgehead atoms. The first kappa shape index (κ1) is 37.6. The van der Waals surface area contributed by atoms with Gasteiger partial charge in [-0.2, -0.15) is 0 Å². The van der Waals surface area contributed by atoms with Gasteiger partial charge in [-0.1, -0.05) is 172 Å².